The van der Waals surface area contributed by atoms with Crippen LogP contribution in [0, 0.1) is 5.92 Å². The Balaban J connectivity index is 1.86. The first-order chi connectivity index (χ1) is 8.18. The third kappa shape index (κ3) is 3.39. The number of halogens is 1. The van der Waals surface area contributed by atoms with Gasteiger partial charge in [0.1, 0.15) is 6.61 Å². The van der Waals surface area contributed by atoms with Gasteiger partial charge in [-0.3, -0.25) is 4.79 Å². The summed E-state index contributed by atoms with van der Waals surface area (Å²) >= 11 is 4.85. The van der Waals surface area contributed by atoms with Crippen LogP contribution in [-0.2, 0) is 4.74 Å². The first-order valence-corrected chi connectivity index (χ1v) is 7.73. The molecule has 0 aliphatic heterocycles. The number of rotatable bonds is 4. The number of carbonyl (C=O) groups excluding carboxylic acids is 1. The van der Waals surface area contributed by atoms with Gasteiger partial charge in [-0.05, 0) is 46.1 Å². The molecule has 2 nitrogen and oxygen atoms in total. The van der Waals surface area contributed by atoms with Crippen LogP contribution in [0.3, 0.4) is 0 Å². The molecule has 1 aromatic heterocycles. The zero-order valence-corrected chi connectivity index (χ0v) is 12.4. The summed E-state index contributed by atoms with van der Waals surface area (Å²) in [6, 6.07) is 1.90. The van der Waals surface area contributed by atoms with Crippen LogP contribution in [0.1, 0.15) is 42.3 Å². The second-order valence-corrected chi connectivity index (χ2v) is 6.40. The summed E-state index contributed by atoms with van der Waals surface area (Å²) in [4.78, 5) is 12.7. The Labute approximate surface area is 114 Å². The summed E-state index contributed by atoms with van der Waals surface area (Å²) < 4.78 is 6.65. The monoisotopic (exact) mass is 316 g/mol. The second kappa shape index (κ2) is 6.12. The van der Waals surface area contributed by atoms with Gasteiger partial charge in [0.05, 0.1) is 11.0 Å². The molecule has 1 heterocycles. The van der Waals surface area contributed by atoms with Gasteiger partial charge in [-0.25, -0.2) is 0 Å². The average molecular weight is 317 g/mol. The fraction of sp³-hybridized carbons (Fsp3) is 0.615. The highest BCUT2D eigenvalue weighted by atomic mass is 79.9. The SMILES string of the molecule is CC1CCCCC1OCC(=O)c1sccc1Br. The maximum absolute atomic E-state index is 11.9. The van der Waals surface area contributed by atoms with Crippen LogP contribution < -0.4 is 0 Å². The lowest BCUT2D eigenvalue weighted by atomic mass is 9.88. The van der Waals surface area contributed by atoms with Crippen molar-refractivity contribution in [3.8, 4) is 0 Å². The average Bonchev–Trinajstić information content (AvgIpc) is 2.74. The molecule has 1 fully saturated rings. The fourth-order valence-electron chi connectivity index (χ4n) is 2.27. The van der Waals surface area contributed by atoms with Crippen LogP contribution in [0.15, 0.2) is 15.9 Å². The van der Waals surface area contributed by atoms with E-state index in [1.54, 1.807) is 0 Å². The molecule has 0 bridgehead atoms. The molecular formula is C13H17BrO2S. The van der Waals surface area contributed by atoms with E-state index in [1.165, 1.54) is 30.6 Å². The molecule has 2 atom stereocenters. The van der Waals surface area contributed by atoms with Gasteiger partial charge >= 0.3 is 0 Å². The van der Waals surface area contributed by atoms with Gasteiger partial charge in [0, 0.05) is 4.47 Å². The van der Waals surface area contributed by atoms with E-state index in [9.17, 15) is 4.79 Å². The van der Waals surface area contributed by atoms with Crippen molar-refractivity contribution in [1.29, 1.82) is 0 Å². The minimum absolute atomic E-state index is 0.0876. The zero-order chi connectivity index (χ0) is 12.3. The van der Waals surface area contributed by atoms with Crippen molar-refractivity contribution in [2.24, 2.45) is 5.92 Å². The molecule has 4 heteroatoms. The predicted octanol–water partition coefficient (Wildman–Crippen LogP) is 4.29. The number of ether oxygens (including phenoxy) is 1. The van der Waals surface area contributed by atoms with Crippen LogP contribution in [0.5, 0.6) is 0 Å². The highest BCUT2D eigenvalue weighted by Crippen LogP contribution is 2.27. The van der Waals surface area contributed by atoms with Gasteiger partial charge < -0.3 is 4.74 Å². The summed E-state index contributed by atoms with van der Waals surface area (Å²) in [5.74, 6) is 0.674. The van der Waals surface area contributed by atoms with Crippen molar-refractivity contribution in [3.63, 3.8) is 0 Å². The van der Waals surface area contributed by atoms with Gasteiger partial charge in [0.15, 0.2) is 5.78 Å². The van der Waals surface area contributed by atoms with Gasteiger partial charge in [0.25, 0.3) is 0 Å². The van der Waals surface area contributed by atoms with Gasteiger partial charge in [-0.1, -0.05) is 19.8 Å². The first-order valence-electron chi connectivity index (χ1n) is 6.06. The van der Waals surface area contributed by atoms with Crippen LogP contribution in [-0.4, -0.2) is 18.5 Å². The van der Waals surface area contributed by atoms with Gasteiger partial charge in [-0.15, -0.1) is 11.3 Å². The van der Waals surface area contributed by atoms with Crippen molar-refractivity contribution in [2.75, 3.05) is 6.61 Å². The lowest BCUT2D eigenvalue weighted by molar-refractivity contribution is 0.000871. The molecular weight excluding hydrogens is 300 g/mol. The topological polar surface area (TPSA) is 26.3 Å². The van der Waals surface area contributed by atoms with Crippen LogP contribution in [0.4, 0.5) is 0 Å². The van der Waals surface area contributed by atoms with E-state index in [2.05, 4.69) is 22.9 Å². The lowest BCUT2D eigenvalue weighted by Crippen LogP contribution is -2.27. The molecule has 2 unspecified atom stereocenters. The number of ketones is 1. The van der Waals surface area contributed by atoms with Crippen molar-refractivity contribution in [1.82, 2.24) is 0 Å². The summed E-state index contributed by atoms with van der Waals surface area (Å²) in [6.45, 7) is 2.43. The maximum atomic E-state index is 11.9. The Morgan fingerprint density at radius 3 is 2.94 bits per heavy atom. The number of hydrogen-bond donors (Lipinski definition) is 0. The van der Waals surface area contributed by atoms with E-state index in [0.717, 1.165) is 15.8 Å². The third-order valence-corrected chi connectivity index (χ3v) is 5.21. The smallest absolute Gasteiger partial charge is 0.199 e. The van der Waals surface area contributed by atoms with E-state index >= 15 is 0 Å². The molecule has 17 heavy (non-hydrogen) atoms. The summed E-state index contributed by atoms with van der Waals surface area (Å²) in [5, 5.41) is 1.92. The van der Waals surface area contributed by atoms with Crippen LogP contribution in [0.2, 0.25) is 0 Å². The zero-order valence-electron chi connectivity index (χ0n) is 9.95. The largest absolute Gasteiger partial charge is 0.370 e. The molecule has 1 aliphatic carbocycles. The molecule has 0 radical (unpaired) electrons. The maximum Gasteiger partial charge on any atom is 0.199 e. The summed E-state index contributed by atoms with van der Waals surface area (Å²) in [6.07, 6.45) is 5.12. The van der Waals surface area contributed by atoms with Crippen molar-refractivity contribution in [2.45, 2.75) is 38.7 Å². The summed E-state index contributed by atoms with van der Waals surface area (Å²) in [7, 11) is 0. The molecule has 1 aromatic rings. The van der Waals surface area contributed by atoms with E-state index in [4.69, 9.17) is 4.74 Å². The van der Waals surface area contributed by atoms with Crippen LogP contribution >= 0.6 is 27.3 Å². The third-order valence-electron chi connectivity index (χ3n) is 3.33. The second-order valence-electron chi connectivity index (χ2n) is 4.63. The van der Waals surface area contributed by atoms with Crippen molar-refractivity contribution < 1.29 is 9.53 Å². The highest BCUT2D eigenvalue weighted by Gasteiger charge is 2.23. The number of hydrogen-bond acceptors (Lipinski definition) is 3. The Morgan fingerprint density at radius 2 is 2.29 bits per heavy atom. The molecule has 0 amide bonds. The number of carbonyl (C=O) groups is 1. The molecule has 1 saturated carbocycles. The molecule has 0 N–H and O–H groups in total. The Bertz CT molecular complexity index is 389. The molecule has 1 aliphatic rings. The van der Waals surface area contributed by atoms with Gasteiger partial charge in [0.2, 0.25) is 0 Å². The Kier molecular flexibility index (Phi) is 4.77. The Hall–Kier alpha value is -0.190. The highest BCUT2D eigenvalue weighted by molar-refractivity contribution is 9.10. The van der Waals surface area contributed by atoms with Crippen LogP contribution in [0.25, 0.3) is 0 Å². The summed E-state index contributed by atoms with van der Waals surface area (Å²) in [5.41, 5.74) is 0. The lowest BCUT2D eigenvalue weighted by Gasteiger charge is -2.28. The molecule has 0 aromatic carbocycles. The van der Waals surface area contributed by atoms with E-state index in [1.807, 2.05) is 11.4 Å². The molecule has 2 rings (SSSR count). The standard InChI is InChI=1S/C13H17BrO2S/c1-9-4-2-3-5-12(9)16-8-11(15)13-10(14)6-7-17-13/h6-7,9,12H,2-5,8H2,1H3. The van der Waals surface area contributed by atoms with E-state index in [-0.39, 0.29) is 18.5 Å². The first kappa shape index (κ1) is 13.2. The van der Waals surface area contributed by atoms with E-state index < -0.39 is 0 Å². The minimum atomic E-state index is 0.0876. The molecule has 0 saturated heterocycles. The molecule has 94 valence electrons. The van der Waals surface area contributed by atoms with E-state index in [0.29, 0.717) is 5.92 Å². The van der Waals surface area contributed by atoms with Crippen molar-refractivity contribution in [3.05, 3.63) is 20.8 Å². The predicted molar refractivity (Wildman–Crippen MR) is 73.7 cm³/mol. The van der Waals surface area contributed by atoms with Crippen molar-refractivity contribution >= 4 is 33.0 Å². The minimum Gasteiger partial charge on any atom is -0.370 e. The fourth-order valence-corrected chi connectivity index (χ4v) is 3.79. The number of Topliss-reactive ketones (excluding diaryl/α,β-unsaturated/α-hetero) is 1. The van der Waals surface area contributed by atoms with Gasteiger partial charge in [-0.2, -0.15) is 0 Å². The molecule has 0 spiro atoms. The normalized spacial score (nSPS) is 24.8. The Morgan fingerprint density at radius 1 is 1.53 bits per heavy atom. The quantitative estimate of drug-likeness (QED) is 0.775. The number of thiophene rings is 1.